The molecule has 0 bridgehead atoms. The summed E-state index contributed by atoms with van der Waals surface area (Å²) in [5.74, 6) is -0.502. The normalized spacial score (nSPS) is 10.7. The van der Waals surface area contributed by atoms with Gasteiger partial charge in [0, 0.05) is 18.7 Å². The van der Waals surface area contributed by atoms with Crippen LogP contribution in [0.3, 0.4) is 0 Å². The number of rotatable bonds is 8. The summed E-state index contributed by atoms with van der Waals surface area (Å²) in [5.41, 5.74) is 3.38. The summed E-state index contributed by atoms with van der Waals surface area (Å²) in [7, 11) is 0. The van der Waals surface area contributed by atoms with Crippen molar-refractivity contribution < 1.29 is 9.18 Å². The predicted molar refractivity (Wildman–Crippen MR) is 75.3 cm³/mol. The first-order valence-electron chi connectivity index (χ1n) is 6.98. The Morgan fingerprint density at radius 3 is 2.11 bits per heavy atom. The van der Waals surface area contributed by atoms with Crippen LogP contribution in [0.15, 0.2) is 24.3 Å². The first-order chi connectivity index (χ1) is 9.17. The van der Waals surface area contributed by atoms with E-state index in [2.05, 4.69) is 19.3 Å². The Kier molecular flexibility index (Phi) is 7.11. The zero-order valence-electron chi connectivity index (χ0n) is 11.8. The number of hydrogen-bond acceptors (Lipinski definition) is 2. The molecule has 1 aromatic rings. The Morgan fingerprint density at radius 1 is 1.11 bits per heavy atom. The lowest BCUT2D eigenvalue weighted by Gasteiger charge is -2.22. The van der Waals surface area contributed by atoms with E-state index in [1.807, 2.05) is 5.01 Å². The molecule has 106 valence electrons. The molecule has 4 heteroatoms. The van der Waals surface area contributed by atoms with E-state index in [0.29, 0.717) is 5.56 Å². The molecule has 3 nitrogen and oxygen atoms in total. The van der Waals surface area contributed by atoms with E-state index in [1.54, 1.807) is 0 Å². The Bertz CT molecular complexity index is 370. The first kappa shape index (κ1) is 15.6. The highest BCUT2D eigenvalue weighted by Gasteiger charge is 2.10. The van der Waals surface area contributed by atoms with Gasteiger partial charge in [-0.05, 0) is 37.1 Å². The van der Waals surface area contributed by atoms with Crippen molar-refractivity contribution in [1.82, 2.24) is 10.4 Å². The fraction of sp³-hybridized carbons (Fsp3) is 0.533. The molecule has 0 unspecified atom stereocenters. The van der Waals surface area contributed by atoms with E-state index in [-0.39, 0.29) is 11.7 Å². The lowest BCUT2D eigenvalue weighted by molar-refractivity contribution is 0.0782. The minimum atomic E-state index is -0.328. The third kappa shape index (κ3) is 5.83. The van der Waals surface area contributed by atoms with Crippen molar-refractivity contribution in [2.75, 3.05) is 13.1 Å². The maximum atomic E-state index is 12.8. The van der Waals surface area contributed by atoms with E-state index >= 15 is 0 Å². The molecule has 1 N–H and O–H groups in total. The molecular formula is C15H23FN2O. The van der Waals surface area contributed by atoms with Crippen LogP contribution in [0.4, 0.5) is 4.39 Å². The lowest BCUT2D eigenvalue weighted by Crippen LogP contribution is -2.43. The van der Waals surface area contributed by atoms with Crippen LogP contribution in [0.5, 0.6) is 0 Å². The molecule has 0 saturated carbocycles. The molecular weight excluding hydrogens is 243 g/mol. The largest absolute Gasteiger partial charge is 0.285 e. The second-order valence-electron chi connectivity index (χ2n) is 4.64. The zero-order valence-corrected chi connectivity index (χ0v) is 11.8. The van der Waals surface area contributed by atoms with Crippen molar-refractivity contribution in [1.29, 1.82) is 0 Å². The van der Waals surface area contributed by atoms with Gasteiger partial charge in [0.1, 0.15) is 5.82 Å². The van der Waals surface area contributed by atoms with E-state index in [4.69, 9.17) is 0 Å². The molecule has 0 aromatic heterocycles. The van der Waals surface area contributed by atoms with Crippen molar-refractivity contribution >= 4 is 5.91 Å². The third-order valence-corrected chi connectivity index (χ3v) is 2.93. The topological polar surface area (TPSA) is 32.3 Å². The molecule has 19 heavy (non-hydrogen) atoms. The van der Waals surface area contributed by atoms with E-state index in [0.717, 1.165) is 38.8 Å². The van der Waals surface area contributed by atoms with Gasteiger partial charge in [0.15, 0.2) is 0 Å². The smallest absolute Gasteiger partial charge is 0.265 e. The average molecular weight is 266 g/mol. The Morgan fingerprint density at radius 2 is 1.63 bits per heavy atom. The number of nitrogens with zero attached hydrogens (tertiary/aromatic N) is 1. The summed E-state index contributed by atoms with van der Waals surface area (Å²) in [6, 6.07) is 5.61. The zero-order chi connectivity index (χ0) is 14.1. The molecule has 0 aliphatic carbocycles. The molecule has 1 rings (SSSR count). The highest BCUT2D eigenvalue weighted by atomic mass is 19.1. The number of unbranched alkanes of at least 4 members (excludes halogenated alkanes) is 2. The van der Waals surface area contributed by atoms with Gasteiger partial charge in [-0.1, -0.05) is 26.7 Å². The van der Waals surface area contributed by atoms with Gasteiger partial charge in [-0.3, -0.25) is 10.2 Å². The minimum absolute atomic E-state index is 0.174. The number of nitrogens with one attached hydrogen (secondary N) is 1. The van der Waals surface area contributed by atoms with Crippen LogP contribution in [0.2, 0.25) is 0 Å². The standard InChI is InChI=1S/C15H23FN2O/c1-3-5-11-18(12-6-4-2)17-15(19)13-7-9-14(16)10-8-13/h7-10H,3-6,11-12H2,1-2H3,(H,17,19). The minimum Gasteiger partial charge on any atom is -0.285 e. The van der Waals surface area contributed by atoms with Crippen LogP contribution in [-0.4, -0.2) is 24.0 Å². The van der Waals surface area contributed by atoms with Gasteiger partial charge >= 0.3 is 0 Å². The molecule has 1 aromatic carbocycles. The predicted octanol–water partition coefficient (Wildman–Crippen LogP) is 3.37. The molecule has 0 atom stereocenters. The van der Waals surface area contributed by atoms with Crippen molar-refractivity contribution in [2.45, 2.75) is 39.5 Å². The third-order valence-electron chi connectivity index (χ3n) is 2.93. The second kappa shape index (κ2) is 8.64. The Balaban J connectivity index is 2.56. The van der Waals surface area contributed by atoms with Crippen LogP contribution in [0.1, 0.15) is 49.9 Å². The van der Waals surface area contributed by atoms with Crippen LogP contribution >= 0.6 is 0 Å². The number of carbonyl (C=O) groups is 1. The van der Waals surface area contributed by atoms with Crippen LogP contribution in [0.25, 0.3) is 0 Å². The van der Waals surface area contributed by atoms with E-state index in [1.165, 1.54) is 24.3 Å². The van der Waals surface area contributed by atoms with Crippen LogP contribution in [-0.2, 0) is 0 Å². The molecule has 1 amide bonds. The lowest BCUT2D eigenvalue weighted by atomic mass is 10.2. The number of carbonyl (C=O) groups excluding carboxylic acids is 1. The molecule has 0 fully saturated rings. The highest BCUT2D eigenvalue weighted by Crippen LogP contribution is 2.04. The van der Waals surface area contributed by atoms with Gasteiger partial charge in [0.25, 0.3) is 5.91 Å². The summed E-state index contributed by atoms with van der Waals surface area (Å²) >= 11 is 0. The molecule has 0 heterocycles. The van der Waals surface area contributed by atoms with Gasteiger partial charge < -0.3 is 0 Å². The van der Waals surface area contributed by atoms with Gasteiger partial charge in [-0.15, -0.1) is 0 Å². The van der Waals surface area contributed by atoms with Crippen LogP contribution in [0, 0.1) is 5.82 Å². The SMILES string of the molecule is CCCCN(CCCC)NC(=O)c1ccc(F)cc1. The average Bonchev–Trinajstić information content (AvgIpc) is 2.42. The molecule has 0 saturated heterocycles. The van der Waals surface area contributed by atoms with E-state index in [9.17, 15) is 9.18 Å². The van der Waals surface area contributed by atoms with Gasteiger partial charge in [0.2, 0.25) is 0 Å². The number of hydrogen-bond donors (Lipinski definition) is 1. The Hall–Kier alpha value is -1.42. The summed E-state index contributed by atoms with van der Waals surface area (Å²) in [4.78, 5) is 12.0. The summed E-state index contributed by atoms with van der Waals surface area (Å²) in [6.07, 6.45) is 4.28. The molecule has 0 radical (unpaired) electrons. The number of halogens is 1. The van der Waals surface area contributed by atoms with Gasteiger partial charge in [-0.25, -0.2) is 9.40 Å². The first-order valence-corrected chi connectivity index (χ1v) is 6.98. The van der Waals surface area contributed by atoms with Crippen molar-refractivity contribution in [3.63, 3.8) is 0 Å². The fourth-order valence-corrected chi connectivity index (χ4v) is 1.73. The summed E-state index contributed by atoms with van der Waals surface area (Å²) in [6.45, 7) is 5.95. The maximum absolute atomic E-state index is 12.8. The number of benzene rings is 1. The monoisotopic (exact) mass is 266 g/mol. The number of hydrazine groups is 1. The highest BCUT2D eigenvalue weighted by molar-refractivity contribution is 5.93. The Labute approximate surface area is 114 Å². The van der Waals surface area contributed by atoms with Gasteiger partial charge in [0.05, 0.1) is 0 Å². The summed E-state index contributed by atoms with van der Waals surface area (Å²) < 4.78 is 12.8. The maximum Gasteiger partial charge on any atom is 0.265 e. The second-order valence-corrected chi connectivity index (χ2v) is 4.64. The van der Waals surface area contributed by atoms with Gasteiger partial charge in [-0.2, -0.15) is 0 Å². The van der Waals surface area contributed by atoms with Crippen molar-refractivity contribution in [3.8, 4) is 0 Å². The van der Waals surface area contributed by atoms with Crippen molar-refractivity contribution in [3.05, 3.63) is 35.6 Å². The van der Waals surface area contributed by atoms with E-state index < -0.39 is 0 Å². The van der Waals surface area contributed by atoms with Crippen molar-refractivity contribution in [2.24, 2.45) is 0 Å². The number of amides is 1. The molecule has 0 aliphatic heterocycles. The fourth-order valence-electron chi connectivity index (χ4n) is 1.73. The quantitative estimate of drug-likeness (QED) is 0.732. The molecule has 0 spiro atoms. The van der Waals surface area contributed by atoms with Crippen LogP contribution < -0.4 is 5.43 Å². The molecule has 0 aliphatic rings. The summed E-state index contributed by atoms with van der Waals surface area (Å²) in [5, 5.41) is 1.96.